The Labute approximate surface area is 101 Å². The first kappa shape index (κ1) is 13.2. The van der Waals surface area contributed by atoms with Gasteiger partial charge < -0.3 is 0 Å². The van der Waals surface area contributed by atoms with E-state index in [4.69, 9.17) is 0 Å². The van der Waals surface area contributed by atoms with Crippen molar-refractivity contribution in [3.05, 3.63) is 39.9 Å². The fourth-order valence-corrected chi connectivity index (χ4v) is 2.04. The molecule has 0 aliphatic rings. The number of nitro benzene ring substituents is 1. The van der Waals surface area contributed by atoms with E-state index >= 15 is 0 Å². The van der Waals surface area contributed by atoms with Crippen molar-refractivity contribution in [2.45, 2.75) is 32.6 Å². The largest absolute Gasteiger partial charge is 0.269 e. The van der Waals surface area contributed by atoms with E-state index in [0.29, 0.717) is 0 Å². The number of hydrogen-bond donors (Lipinski definition) is 0. The summed E-state index contributed by atoms with van der Waals surface area (Å²) < 4.78 is 0. The SMILES string of the molecule is CCC(CC)C(C#N)c1cccc([N+](=O)[O-])c1. The molecule has 0 radical (unpaired) electrons. The van der Waals surface area contributed by atoms with E-state index in [1.54, 1.807) is 12.1 Å². The Kier molecular flexibility index (Phi) is 4.65. The van der Waals surface area contributed by atoms with E-state index in [9.17, 15) is 15.4 Å². The second-order valence-electron chi connectivity index (χ2n) is 4.04. The van der Waals surface area contributed by atoms with Crippen molar-refractivity contribution in [3.63, 3.8) is 0 Å². The standard InChI is InChI=1S/C13H16N2O2/c1-3-10(4-2)13(9-14)11-6-5-7-12(8-11)15(16)17/h5-8,10,13H,3-4H2,1-2H3. The molecule has 4 heteroatoms. The molecule has 1 aromatic carbocycles. The fourth-order valence-electron chi connectivity index (χ4n) is 2.04. The summed E-state index contributed by atoms with van der Waals surface area (Å²) in [5, 5.41) is 19.9. The van der Waals surface area contributed by atoms with Crippen molar-refractivity contribution in [1.82, 2.24) is 0 Å². The van der Waals surface area contributed by atoms with Crippen LogP contribution in [0.25, 0.3) is 0 Å². The van der Waals surface area contributed by atoms with Gasteiger partial charge in [0.05, 0.1) is 16.9 Å². The predicted molar refractivity (Wildman–Crippen MR) is 65.5 cm³/mol. The molecule has 0 aromatic heterocycles. The van der Waals surface area contributed by atoms with Gasteiger partial charge in [-0.2, -0.15) is 5.26 Å². The second-order valence-corrected chi connectivity index (χ2v) is 4.04. The summed E-state index contributed by atoms with van der Waals surface area (Å²) in [6.45, 7) is 4.08. The minimum absolute atomic E-state index is 0.0497. The maximum atomic E-state index is 10.7. The van der Waals surface area contributed by atoms with Gasteiger partial charge in [-0.3, -0.25) is 10.1 Å². The van der Waals surface area contributed by atoms with Crippen LogP contribution in [0.4, 0.5) is 5.69 Å². The molecular formula is C13H16N2O2. The van der Waals surface area contributed by atoms with E-state index in [1.807, 2.05) is 13.8 Å². The Hall–Kier alpha value is -1.89. The number of non-ortho nitro benzene ring substituents is 1. The van der Waals surface area contributed by atoms with E-state index in [-0.39, 0.29) is 17.5 Å². The average molecular weight is 232 g/mol. The second kappa shape index (κ2) is 6.00. The molecule has 1 unspecified atom stereocenters. The van der Waals surface area contributed by atoms with Crippen molar-refractivity contribution in [2.24, 2.45) is 5.92 Å². The number of hydrogen-bond acceptors (Lipinski definition) is 3. The van der Waals surface area contributed by atoms with Crippen molar-refractivity contribution < 1.29 is 4.92 Å². The normalized spacial score (nSPS) is 12.1. The Morgan fingerprint density at radius 3 is 2.53 bits per heavy atom. The smallest absolute Gasteiger partial charge is 0.258 e. The van der Waals surface area contributed by atoms with Crippen LogP contribution in [0.15, 0.2) is 24.3 Å². The van der Waals surface area contributed by atoms with E-state index in [0.717, 1.165) is 18.4 Å². The van der Waals surface area contributed by atoms with Crippen LogP contribution in [0.1, 0.15) is 38.2 Å². The zero-order valence-electron chi connectivity index (χ0n) is 10.1. The highest BCUT2D eigenvalue weighted by Gasteiger charge is 2.21. The highest BCUT2D eigenvalue weighted by Crippen LogP contribution is 2.30. The van der Waals surface area contributed by atoms with Crippen LogP contribution >= 0.6 is 0 Å². The van der Waals surface area contributed by atoms with Crippen LogP contribution < -0.4 is 0 Å². The predicted octanol–water partition coefficient (Wildman–Crippen LogP) is 3.64. The number of nitrogens with zero attached hydrogens (tertiary/aromatic N) is 2. The summed E-state index contributed by atoms with van der Waals surface area (Å²) in [5.41, 5.74) is 0.795. The van der Waals surface area contributed by atoms with Gasteiger partial charge in [-0.25, -0.2) is 0 Å². The number of rotatable bonds is 5. The van der Waals surface area contributed by atoms with Crippen LogP contribution in [-0.2, 0) is 0 Å². The molecule has 0 aliphatic carbocycles. The number of nitriles is 1. The molecule has 1 atom stereocenters. The van der Waals surface area contributed by atoms with Gasteiger partial charge in [0.1, 0.15) is 0 Å². The van der Waals surface area contributed by atoms with Crippen LogP contribution in [0, 0.1) is 27.4 Å². The Bertz CT molecular complexity index is 433. The van der Waals surface area contributed by atoms with Gasteiger partial charge in [-0.05, 0) is 11.5 Å². The van der Waals surface area contributed by atoms with Crippen molar-refractivity contribution in [2.75, 3.05) is 0 Å². The highest BCUT2D eigenvalue weighted by molar-refractivity contribution is 5.38. The molecule has 0 saturated carbocycles. The monoisotopic (exact) mass is 232 g/mol. The zero-order chi connectivity index (χ0) is 12.8. The van der Waals surface area contributed by atoms with Crippen LogP contribution in [0.3, 0.4) is 0 Å². The first-order chi connectivity index (χ1) is 8.13. The molecule has 1 rings (SSSR count). The molecule has 0 aliphatic heterocycles. The summed E-state index contributed by atoms with van der Waals surface area (Å²) in [6.07, 6.45) is 1.80. The fraction of sp³-hybridized carbons (Fsp3) is 0.462. The molecular weight excluding hydrogens is 216 g/mol. The Morgan fingerprint density at radius 1 is 1.41 bits per heavy atom. The topological polar surface area (TPSA) is 66.9 Å². The maximum Gasteiger partial charge on any atom is 0.269 e. The lowest BCUT2D eigenvalue weighted by Gasteiger charge is -2.18. The minimum atomic E-state index is -0.426. The molecule has 0 saturated heterocycles. The van der Waals surface area contributed by atoms with Gasteiger partial charge in [-0.1, -0.05) is 38.8 Å². The molecule has 90 valence electrons. The van der Waals surface area contributed by atoms with E-state index in [2.05, 4.69) is 6.07 Å². The van der Waals surface area contributed by atoms with Crippen molar-refractivity contribution in [1.29, 1.82) is 5.26 Å². The molecule has 0 spiro atoms. The number of benzene rings is 1. The third kappa shape index (κ3) is 3.04. The minimum Gasteiger partial charge on any atom is -0.258 e. The molecule has 0 bridgehead atoms. The number of nitro groups is 1. The van der Waals surface area contributed by atoms with E-state index in [1.165, 1.54) is 12.1 Å². The Balaban J connectivity index is 3.08. The third-order valence-corrected chi connectivity index (χ3v) is 3.10. The van der Waals surface area contributed by atoms with Crippen LogP contribution in [0.5, 0.6) is 0 Å². The van der Waals surface area contributed by atoms with Crippen LogP contribution in [-0.4, -0.2) is 4.92 Å². The van der Waals surface area contributed by atoms with E-state index < -0.39 is 4.92 Å². The lowest BCUT2D eigenvalue weighted by atomic mass is 9.83. The summed E-state index contributed by atoms with van der Waals surface area (Å²) in [4.78, 5) is 10.3. The van der Waals surface area contributed by atoms with Gasteiger partial charge in [0.2, 0.25) is 0 Å². The lowest BCUT2D eigenvalue weighted by molar-refractivity contribution is -0.384. The summed E-state index contributed by atoms with van der Waals surface area (Å²) in [5.74, 6) is -0.00750. The molecule has 0 N–H and O–H groups in total. The van der Waals surface area contributed by atoms with Gasteiger partial charge in [0.15, 0.2) is 0 Å². The molecule has 1 aromatic rings. The molecule has 4 nitrogen and oxygen atoms in total. The average Bonchev–Trinajstić information content (AvgIpc) is 2.35. The quantitative estimate of drug-likeness (QED) is 0.575. The first-order valence-electron chi connectivity index (χ1n) is 5.78. The maximum absolute atomic E-state index is 10.7. The first-order valence-corrected chi connectivity index (χ1v) is 5.78. The molecule has 0 amide bonds. The van der Waals surface area contributed by atoms with Gasteiger partial charge in [0.25, 0.3) is 5.69 Å². The summed E-state index contributed by atoms with van der Waals surface area (Å²) in [7, 11) is 0. The molecule has 0 fully saturated rings. The van der Waals surface area contributed by atoms with Gasteiger partial charge in [0, 0.05) is 12.1 Å². The van der Waals surface area contributed by atoms with Crippen LogP contribution in [0.2, 0.25) is 0 Å². The van der Waals surface area contributed by atoms with Crippen molar-refractivity contribution in [3.8, 4) is 6.07 Å². The molecule has 0 heterocycles. The van der Waals surface area contributed by atoms with Gasteiger partial charge in [-0.15, -0.1) is 0 Å². The molecule has 17 heavy (non-hydrogen) atoms. The summed E-state index contributed by atoms with van der Waals surface area (Å²) in [6, 6.07) is 8.65. The Morgan fingerprint density at radius 2 is 2.06 bits per heavy atom. The van der Waals surface area contributed by atoms with Crippen molar-refractivity contribution >= 4 is 5.69 Å². The van der Waals surface area contributed by atoms with Gasteiger partial charge >= 0.3 is 0 Å². The zero-order valence-corrected chi connectivity index (χ0v) is 10.1. The lowest BCUT2D eigenvalue weighted by Crippen LogP contribution is -2.10. The summed E-state index contributed by atoms with van der Waals surface area (Å²) >= 11 is 0. The third-order valence-electron chi connectivity index (χ3n) is 3.10. The highest BCUT2D eigenvalue weighted by atomic mass is 16.6.